The summed E-state index contributed by atoms with van der Waals surface area (Å²) in [5.74, 6) is 2.12. The summed E-state index contributed by atoms with van der Waals surface area (Å²) in [7, 11) is 1.71. The zero-order valence-electron chi connectivity index (χ0n) is 13.3. The van der Waals surface area contributed by atoms with Crippen molar-refractivity contribution < 1.29 is 9.47 Å². The lowest BCUT2D eigenvalue weighted by Crippen LogP contribution is -2.37. The van der Waals surface area contributed by atoms with Crippen LogP contribution >= 0.6 is 0 Å². The Kier molecular flexibility index (Phi) is 4.34. The highest BCUT2D eigenvalue weighted by Crippen LogP contribution is 2.44. The molecule has 0 bridgehead atoms. The van der Waals surface area contributed by atoms with E-state index in [-0.39, 0.29) is 6.10 Å². The number of ether oxygens (including phenoxy) is 2. The molecule has 3 rings (SSSR count). The molecular weight excluding hydrogens is 260 g/mol. The maximum Gasteiger partial charge on any atom is 0.118 e. The molecule has 3 atom stereocenters. The first kappa shape index (κ1) is 14.6. The predicted molar refractivity (Wildman–Crippen MR) is 85.5 cm³/mol. The lowest BCUT2D eigenvalue weighted by molar-refractivity contribution is -0.0873. The van der Waals surface area contributed by atoms with Crippen LogP contribution < -0.4 is 4.74 Å². The van der Waals surface area contributed by atoms with Gasteiger partial charge in [0.25, 0.3) is 0 Å². The monoisotopic (exact) mass is 286 g/mol. The summed E-state index contributed by atoms with van der Waals surface area (Å²) in [4.78, 5) is 0. The van der Waals surface area contributed by atoms with Crippen molar-refractivity contribution in [2.75, 3.05) is 7.11 Å². The number of rotatable bonds is 3. The van der Waals surface area contributed by atoms with E-state index in [2.05, 4.69) is 32.1 Å². The summed E-state index contributed by atoms with van der Waals surface area (Å²) in [6, 6.07) is 8.35. The Morgan fingerprint density at radius 3 is 2.62 bits per heavy atom. The maximum absolute atomic E-state index is 6.50. The number of fused-ring (bicyclic) bond motifs is 1. The van der Waals surface area contributed by atoms with Crippen LogP contribution in [0.3, 0.4) is 0 Å². The number of benzene rings is 1. The van der Waals surface area contributed by atoms with Crippen molar-refractivity contribution in [3.63, 3.8) is 0 Å². The predicted octanol–water partition coefficient (Wildman–Crippen LogP) is 4.91. The van der Waals surface area contributed by atoms with Crippen LogP contribution in [0.1, 0.15) is 51.2 Å². The highest BCUT2D eigenvalue weighted by molar-refractivity contribution is 5.30. The Morgan fingerprint density at radius 2 is 1.95 bits per heavy atom. The highest BCUT2D eigenvalue weighted by Gasteiger charge is 2.37. The van der Waals surface area contributed by atoms with Gasteiger partial charge >= 0.3 is 0 Å². The topological polar surface area (TPSA) is 18.5 Å². The van der Waals surface area contributed by atoms with Gasteiger partial charge in [-0.15, -0.1) is 0 Å². The molecule has 2 nitrogen and oxygen atoms in total. The molecule has 2 heteroatoms. The average Bonchev–Trinajstić information content (AvgIpc) is 2.53. The molecule has 0 saturated carbocycles. The fourth-order valence-corrected chi connectivity index (χ4v) is 3.76. The quantitative estimate of drug-likeness (QED) is 0.735. The van der Waals surface area contributed by atoms with E-state index < -0.39 is 0 Å². The Balaban J connectivity index is 1.84. The van der Waals surface area contributed by atoms with Crippen LogP contribution in [0.15, 0.2) is 35.9 Å². The summed E-state index contributed by atoms with van der Waals surface area (Å²) in [6.07, 6.45) is 7.94. The Morgan fingerprint density at radius 1 is 1.19 bits per heavy atom. The fourth-order valence-electron chi connectivity index (χ4n) is 3.76. The van der Waals surface area contributed by atoms with Crippen LogP contribution in [0.4, 0.5) is 0 Å². The van der Waals surface area contributed by atoms with Gasteiger partial charge in [0.1, 0.15) is 5.75 Å². The molecule has 0 N–H and O–H groups in total. The van der Waals surface area contributed by atoms with Gasteiger partial charge in [0, 0.05) is 5.92 Å². The lowest BCUT2D eigenvalue weighted by Gasteiger charge is -2.42. The van der Waals surface area contributed by atoms with Crippen LogP contribution in [-0.4, -0.2) is 13.2 Å². The summed E-state index contributed by atoms with van der Waals surface area (Å²) in [6.45, 7) is 4.57. The van der Waals surface area contributed by atoms with Gasteiger partial charge in [-0.05, 0) is 49.3 Å². The van der Waals surface area contributed by atoms with Crippen LogP contribution in [0.25, 0.3) is 0 Å². The van der Waals surface area contributed by atoms with Crippen molar-refractivity contribution in [2.24, 2.45) is 11.8 Å². The van der Waals surface area contributed by atoms with Gasteiger partial charge in [0.15, 0.2) is 0 Å². The fraction of sp³-hybridized carbons (Fsp3) is 0.579. The third-order valence-electron chi connectivity index (χ3n) is 4.89. The summed E-state index contributed by atoms with van der Waals surface area (Å²) in [5, 5.41) is 0. The maximum atomic E-state index is 6.50. The van der Waals surface area contributed by atoms with Crippen LogP contribution in [-0.2, 0) is 4.74 Å². The average molecular weight is 286 g/mol. The van der Waals surface area contributed by atoms with Gasteiger partial charge in [0.05, 0.1) is 19.3 Å². The second-order valence-electron chi connectivity index (χ2n) is 6.63. The molecule has 0 unspecified atom stereocenters. The van der Waals surface area contributed by atoms with Crippen molar-refractivity contribution >= 4 is 0 Å². The molecule has 0 spiro atoms. The minimum Gasteiger partial charge on any atom is -0.497 e. The third-order valence-corrected chi connectivity index (χ3v) is 4.89. The normalized spacial score (nSPS) is 29.0. The van der Waals surface area contributed by atoms with Crippen LogP contribution in [0, 0.1) is 11.8 Å². The minimum atomic E-state index is 0.198. The van der Waals surface area contributed by atoms with Gasteiger partial charge < -0.3 is 9.47 Å². The minimum absolute atomic E-state index is 0.198. The largest absolute Gasteiger partial charge is 0.497 e. The first-order valence-corrected chi connectivity index (χ1v) is 8.17. The van der Waals surface area contributed by atoms with E-state index in [0.29, 0.717) is 17.9 Å². The standard InChI is InChI=1S/C19H26O2/c1-13(2)19-17-7-5-4-6-15(17)12-18(21-19)14-8-10-16(20-3)11-9-14/h6,8-11,13,17-19H,4-5,7,12H2,1-3H3/t17-,18+,19+/m1/s1. The molecule has 1 fully saturated rings. The van der Waals surface area contributed by atoms with Gasteiger partial charge in [-0.1, -0.05) is 37.6 Å². The summed E-state index contributed by atoms with van der Waals surface area (Å²) >= 11 is 0. The van der Waals surface area contributed by atoms with Crippen molar-refractivity contribution in [1.82, 2.24) is 0 Å². The molecule has 21 heavy (non-hydrogen) atoms. The molecule has 1 aromatic carbocycles. The summed E-state index contributed by atoms with van der Waals surface area (Å²) in [5.41, 5.74) is 2.90. The van der Waals surface area contributed by atoms with Crippen molar-refractivity contribution in [3.8, 4) is 5.75 Å². The SMILES string of the molecule is COc1ccc([C@@H]2CC3=CCCC[C@H]3[C@H](C(C)C)O2)cc1. The molecule has 0 radical (unpaired) electrons. The van der Waals surface area contributed by atoms with Gasteiger partial charge in [0.2, 0.25) is 0 Å². The molecule has 0 aromatic heterocycles. The van der Waals surface area contributed by atoms with Crippen LogP contribution in [0.5, 0.6) is 5.75 Å². The van der Waals surface area contributed by atoms with Gasteiger partial charge in [-0.2, -0.15) is 0 Å². The number of hydrogen-bond acceptors (Lipinski definition) is 2. The molecule has 1 aromatic rings. The second kappa shape index (κ2) is 6.23. The van der Waals surface area contributed by atoms with Crippen molar-refractivity contribution in [1.29, 1.82) is 0 Å². The third kappa shape index (κ3) is 3.01. The first-order valence-electron chi connectivity index (χ1n) is 8.17. The molecular formula is C19H26O2. The highest BCUT2D eigenvalue weighted by atomic mass is 16.5. The van der Waals surface area contributed by atoms with Crippen molar-refractivity contribution in [3.05, 3.63) is 41.5 Å². The molecule has 1 aliphatic carbocycles. The Labute approximate surface area is 128 Å². The molecule has 1 heterocycles. The van der Waals surface area contributed by atoms with Crippen molar-refractivity contribution in [2.45, 2.75) is 51.7 Å². The molecule has 1 saturated heterocycles. The molecule has 114 valence electrons. The number of allylic oxidation sites excluding steroid dienone is 1. The van der Waals surface area contributed by atoms with E-state index in [9.17, 15) is 0 Å². The van der Waals surface area contributed by atoms with E-state index in [0.717, 1.165) is 12.2 Å². The molecule has 1 aliphatic heterocycles. The Hall–Kier alpha value is -1.28. The number of hydrogen-bond donors (Lipinski definition) is 0. The number of methoxy groups -OCH3 is 1. The van der Waals surface area contributed by atoms with E-state index in [1.807, 2.05) is 12.1 Å². The first-order chi connectivity index (χ1) is 10.2. The lowest BCUT2D eigenvalue weighted by atomic mass is 9.75. The van der Waals surface area contributed by atoms with Gasteiger partial charge in [-0.25, -0.2) is 0 Å². The summed E-state index contributed by atoms with van der Waals surface area (Å²) < 4.78 is 11.7. The van der Waals surface area contributed by atoms with E-state index in [1.165, 1.54) is 24.8 Å². The van der Waals surface area contributed by atoms with E-state index >= 15 is 0 Å². The van der Waals surface area contributed by atoms with Gasteiger partial charge in [-0.3, -0.25) is 0 Å². The van der Waals surface area contributed by atoms with E-state index in [1.54, 1.807) is 12.7 Å². The molecule has 0 amide bonds. The zero-order chi connectivity index (χ0) is 14.8. The van der Waals surface area contributed by atoms with Crippen LogP contribution in [0.2, 0.25) is 0 Å². The zero-order valence-corrected chi connectivity index (χ0v) is 13.3. The Bertz CT molecular complexity index is 501. The van der Waals surface area contributed by atoms with E-state index in [4.69, 9.17) is 9.47 Å². The second-order valence-corrected chi connectivity index (χ2v) is 6.63. The molecule has 2 aliphatic rings. The smallest absolute Gasteiger partial charge is 0.118 e.